The van der Waals surface area contributed by atoms with Gasteiger partial charge >= 0.3 is 6.01 Å². The number of phenolic OH excluding ortho intramolecular Hbond substituents is 1. The third kappa shape index (κ3) is 7.18. The first-order valence-electron chi connectivity index (χ1n) is 11.1. The van der Waals surface area contributed by atoms with E-state index in [4.69, 9.17) is 21.6 Å². The number of halogens is 1. The van der Waals surface area contributed by atoms with Gasteiger partial charge in [0.2, 0.25) is 11.2 Å². The van der Waals surface area contributed by atoms with E-state index in [9.17, 15) is 31.0 Å². The molecular weight excluding hydrogens is 644 g/mol. The van der Waals surface area contributed by atoms with Gasteiger partial charge in [0.1, 0.15) is 16.3 Å². The molecule has 0 aliphatic rings. The van der Waals surface area contributed by atoms with Gasteiger partial charge in [-0.15, -0.1) is 14.6 Å². The summed E-state index contributed by atoms with van der Waals surface area (Å²) in [6.45, 7) is 1.84. The lowest BCUT2D eigenvalue weighted by Gasteiger charge is -2.15. The lowest BCUT2D eigenvalue weighted by atomic mass is 10.1. The SMILES string of the molecule is CCOc1nc(Cl)nc(Nc2cc(S(=O)(=O)O)cc3cc(SOOO)c(N=Nc4ccccc4S(=O)(=O)O)c(O)c23)n1. The number of rotatable bonds is 11. The van der Waals surface area contributed by atoms with Crippen molar-refractivity contribution in [2.24, 2.45) is 10.2 Å². The Balaban J connectivity index is 1.98. The molecule has 17 nitrogen and oxygen atoms in total. The van der Waals surface area contributed by atoms with Crippen LogP contribution in [0.15, 0.2) is 67.4 Å². The van der Waals surface area contributed by atoms with E-state index in [0.717, 1.165) is 18.2 Å². The summed E-state index contributed by atoms with van der Waals surface area (Å²) in [4.78, 5) is 10.4. The van der Waals surface area contributed by atoms with Crippen molar-refractivity contribution in [1.82, 2.24) is 15.0 Å². The summed E-state index contributed by atoms with van der Waals surface area (Å²) in [6.07, 6.45) is 0. The molecule has 0 saturated heterocycles. The van der Waals surface area contributed by atoms with E-state index < -0.39 is 35.8 Å². The molecule has 0 atom stereocenters. The lowest BCUT2D eigenvalue weighted by molar-refractivity contribution is -0.432. The van der Waals surface area contributed by atoms with Gasteiger partial charge in [-0.25, -0.2) is 5.26 Å². The predicted octanol–water partition coefficient (Wildman–Crippen LogP) is 4.86. The van der Waals surface area contributed by atoms with Crippen LogP contribution in [0.1, 0.15) is 6.92 Å². The highest BCUT2D eigenvalue weighted by Crippen LogP contribution is 2.47. The number of ether oxygens (including phenoxy) is 1. The second-order valence-electron chi connectivity index (χ2n) is 7.75. The molecule has 0 aliphatic carbocycles. The molecule has 0 bridgehead atoms. The second-order valence-corrected chi connectivity index (χ2v) is 11.6. The van der Waals surface area contributed by atoms with Crippen molar-refractivity contribution in [3.8, 4) is 11.8 Å². The fraction of sp³-hybridized carbons (Fsp3) is 0.0952. The van der Waals surface area contributed by atoms with E-state index in [2.05, 4.69) is 39.9 Å². The van der Waals surface area contributed by atoms with E-state index >= 15 is 0 Å². The maximum Gasteiger partial charge on any atom is 0.322 e. The van der Waals surface area contributed by atoms with Crippen LogP contribution in [0.2, 0.25) is 5.28 Å². The summed E-state index contributed by atoms with van der Waals surface area (Å²) in [5, 5.41) is 33.6. The predicted molar refractivity (Wildman–Crippen MR) is 146 cm³/mol. The van der Waals surface area contributed by atoms with Crippen LogP contribution < -0.4 is 10.1 Å². The van der Waals surface area contributed by atoms with Gasteiger partial charge in [0.15, 0.2) is 5.75 Å². The van der Waals surface area contributed by atoms with Crippen molar-refractivity contribution < 1.29 is 50.4 Å². The summed E-state index contributed by atoms with van der Waals surface area (Å²) in [5.74, 6) is -0.924. The minimum absolute atomic E-state index is 0.0309. The molecule has 5 N–H and O–H groups in total. The molecule has 0 amide bonds. The molecule has 0 radical (unpaired) electrons. The Labute approximate surface area is 245 Å². The largest absolute Gasteiger partial charge is 0.505 e. The number of hydrogen-bond donors (Lipinski definition) is 5. The quantitative estimate of drug-likeness (QED) is 0.0473. The minimum Gasteiger partial charge on any atom is -0.505 e. The molecule has 0 saturated carbocycles. The van der Waals surface area contributed by atoms with Gasteiger partial charge in [0.05, 0.1) is 34.1 Å². The number of hydrogen-bond acceptors (Lipinski definition) is 16. The van der Waals surface area contributed by atoms with Crippen molar-refractivity contribution in [2.45, 2.75) is 21.6 Å². The Kier molecular flexibility index (Phi) is 9.40. The number of aromatic nitrogens is 3. The fourth-order valence-corrected chi connectivity index (χ4v) is 5.30. The van der Waals surface area contributed by atoms with Crippen LogP contribution in [0.25, 0.3) is 10.8 Å². The van der Waals surface area contributed by atoms with Crippen molar-refractivity contribution >= 4 is 77.7 Å². The van der Waals surface area contributed by atoms with Crippen LogP contribution in [0.5, 0.6) is 11.8 Å². The number of nitrogens with one attached hydrogen (secondary N) is 1. The van der Waals surface area contributed by atoms with Gasteiger partial charge in [0, 0.05) is 5.39 Å². The fourth-order valence-electron chi connectivity index (χ4n) is 3.48. The van der Waals surface area contributed by atoms with Crippen LogP contribution >= 0.6 is 23.6 Å². The third-order valence-electron chi connectivity index (χ3n) is 5.08. The molecule has 222 valence electrons. The second kappa shape index (κ2) is 12.6. The average Bonchev–Trinajstić information content (AvgIpc) is 2.90. The zero-order valence-corrected chi connectivity index (χ0v) is 23.9. The van der Waals surface area contributed by atoms with Gasteiger partial charge in [-0.3, -0.25) is 9.11 Å². The standard InChI is InChI=1S/C21H17ClN6O11S3/c1-2-37-21-25-19(22)24-20(26-21)23-13-9-11(41(31,32)33)7-10-8-14(40-39-38-30)17(18(29)16(10)13)28-27-12-5-3-4-6-15(12)42(34,35)36/h3-9,29-30H,2H2,1H3,(H,31,32,33)(H,34,35,36)(H,23,24,25,26). The molecule has 0 fully saturated rings. The van der Waals surface area contributed by atoms with E-state index in [0.29, 0.717) is 12.0 Å². The molecule has 0 spiro atoms. The minimum atomic E-state index is -4.80. The highest BCUT2D eigenvalue weighted by molar-refractivity contribution is 7.94. The normalized spacial score (nSPS) is 12.2. The number of aromatic hydroxyl groups is 1. The number of nitrogens with zero attached hydrogens (tertiary/aromatic N) is 5. The molecule has 21 heteroatoms. The highest BCUT2D eigenvalue weighted by atomic mass is 35.5. The summed E-state index contributed by atoms with van der Waals surface area (Å²) in [6, 6.07) is 8.02. The van der Waals surface area contributed by atoms with Crippen molar-refractivity contribution in [2.75, 3.05) is 11.9 Å². The molecule has 3 aromatic carbocycles. The van der Waals surface area contributed by atoms with Crippen molar-refractivity contribution in [3.63, 3.8) is 0 Å². The zero-order valence-electron chi connectivity index (χ0n) is 20.7. The Bertz CT molecular complexity index is 1910. The molecule has 4 aromatic rings. The molecular formula is C21H17ClN6O11S3. The zero-order chi connectivity index (χ0) is 30.7. The van der Waals surface area contributed by atoms with Gasteiger partial charge in [-0.2, -0.15) is 31.8 Å². The molecule has 4 rings (SSSR count). The van der Waals surface area contributed by atoms with E-state index in [1.807, 2.05) is 0 Å². The molecule has 1 aromatic heterocycles. The first-order valence-corrected chi connectivity index (χ1v) is 15.1. The summed E-state index contributed by atoms with van der Waals surface area (Å²) >= 11 is 6.24. The Morgan fingerprint density at radius 3 is 2.43 bits per heavy atom. The van der Waals surface area contributed by atoms with Crippen LogP contribution in [0.3, 0.4) is 0 Å². The number of benzene rings is 3. The maximum absolute atomic E-state index is 12.1. The highest BCUT2D eigenvalue weighted by Gasteiger charge is 2.23. The molecule has 42 heavy (non-hydrogen) atoms. The lowest BCUT2D eigenvalue weighted by Crippen LogP contribution is -2.05. The van der Waals surface area contributed by atoms with Gasteiger partial charge in [0.25, 0.3) is 20.2 Å². The Morgan fingerprint density at radius 1 is 1.02 bits per heavy atom. The monoisotopic (exact) mass is 660 g/mol. The van der Waals surface area contributed by atoms with E-state index in [-0.39, 0.29) is 56.6 Å². The molecule has 0 aliphatic heterocycles. The summed E-state index contributed by atoms with van der Waals surface area (Å²) in [7, 11) is -9.51. The van der Waals surface area contributed by atoms with Crippen molar-refractivity contribution in [3.05, 3.63) is 47.7 Å². The first kappa shape index (κ1) is 31.2. The Hall–Kier alpha value is -3.73. The number of fused-ring (bicyclic) bond motifs is 1. The van der Waals surface area contributed by atoms with E-state index in [1.54, 1.807) is 6.92 Å². The molecule has 1 heterocycles. The van der Waals surface area contributed by atoms with Crippen molar-refractivity contribution in [1.29, 1.82) is 0 Å². The van der Waals surface area contributed by atoms with Gasteiger partial charge < -0.3 is 15.2 Å². The first-order chi connectivity index (χ1) is 19.8. The van der Waals surface area contributed by atoms with Crippen LogP contribution in [-0.2, 0) is 29.6 Å². The van der Waals surface area contributed by atoms with Crippen LogP contribution in [-0.4, -0.2) is 57.9 Å². The maximum atomic E-state index is 12.1. The number of phenols is 1. The smallest absolute Gasteiger partial charge is 0.322 e. The third-order valence-corrected chi connectivity index (χ3v) is 7.61. The number of azo groups is 1. The summed E-state index contributed by atoms with van der Waals surface area (Å²) in [5.41, 5.74) is -0.882. The summed E-state index contributed by atoms with van der Waals surface area (Å²) < 4.78 is 76.6. The molecule has 0 unspecified atom stereocenters. The van der Waals surface area contributed by atoms with Crippen LogP contribution in [0.4, 0.5) is 23.0 Å². The Morgan fingerprint density at radius 2 is 1.76 bits per heavy atom. The van der Waals surface area contributed by atoms with Gasteiger partial charge in [-0.1, -0.05) is 17.2 Å². The topological polar surface area (TPSA) is 252 Å². The van der Waals surface area contributed by atoms with Gasteiger partial charge in [-0.05, 0) is 54.2 Å². The number of anilines is 2. The van der Waals surface area contributed by atoms with E-state index in [1.165, 1.54) is 24.3 Å². The average molecular weight is 661 g/mol. The van der Waals surface area contributed by atoms with Crippen LogP contribution in [0, 0.1) is 0 Å².